The Morgan fingerprint density at radius 2 is 2.06 bits per heavy atom. The molecule has 5 heteroatoms. The quantitative estimate of drug-likeness (QED) is 0.850. The molecular formula is C13H15FN4. The molecule has 0 saturated carbocycles. The van der Waals surface area contributed by atoms with E-state index in [1.165, 1.54) is 6.07 Å². The van der Waals surface area contributed by atoms with Gasteiger partial charge in [-0.2, -0.15) is 4.98 Å². The number of nitrogens with zero attached hydrogens (tertiary/aromatic N) is 2. The summed E-state index contributed by atoms with van der Waals surface area (Å²) in [6, 6.07) is 8.18. The SMILES string of the molecule is CCCNc1nccc(Nc2ccccc2F)n1. The number of hydrogen-bond acceptors (Lipinski definition) is 4. The predicted molar refractivity (Wildman–Crippen MR) is 70.5 cm³/mol. The Kier molecular flexibility index (Phi) is 4.06. The predicted octanol–water partition coefficient (Wildman–Crippen LogP) is 3.18. The lowest BCUT2D eigenvalue weighted by atomic mass is 10.3. The summed E-state index contributed by atoms with van der Waals surface area (Å²) in [5.41, 5.74) is 0.401. The second kappa shape index (κ2) is 5.95. The molecule has 0 aliphatic carbocycles. The molecule has 2 N–H and O–H groups in total. The van der Waals surface area contributed by atoms with E-state index in [1.54, 1.807) is 30.5 Å². The van der Waals surface area contributed by atoms with Gasteiger partial charge in [-0.05, 0) is 24.6 Å². The third-order valence-electron chi connectivity index (χ3n) is 2.33. The monoisotopic (exact) mass is 246 g/mol. The summed E-state index contributed by atoms with van der Waals surface area (Å²) >= 11 is 0. The van der Waals surface area contributed by atoms with Crippen molar-refractivity contribution in [3.05, 3.63) is 42.3 Å². The van der Waals surface area contributed by atoms with Crippen LogP contribution in [0.1, 0.15) is 13.3 Å². The first-order valence-electron chi connectivity index (χ1n) is 5.88. The number of hydrogen-bond donors (Lipinski definition) is 2. The van der Waals surface area contributed by atoms with Crippen LogP contribution in [0.25, 0.3) is 0 Å². The van der Waals surface area contributed by atoms with Crippen LogP contribution in [0.4, 0.5) is 21.8 Å². The van der Waals surface area contributed by atoms with Crippen molar-refractivity contribution in [1.29, 1.82) is 0 Å². The number of nitrogens with one attached hydrogen (secondary N) is 2. The Morgan fingerprint density at radius 1 is 1.22 bits per heavy atom. The van der Waals surface area contributed by atoms with E-state index in [9.17, 15) is 4.39 Å². The third-order valence-corrected chi connectivity index (χ3v) is 2.33. The van der Waals surface area contributed by atoms with E-state index in [4.69, 9.17) is 0 Å². The van der Waals surface area contributed by atoms with Crippen molar-refractivity contribution in [2.75, 3.05) is 17.2 Å². The molecule has 0 atom stereocenters. The van der Waals surface area contributed by atoms with Crippen LogP contribution >= 0.6 is 0 Å². The molecule has 94 valence electrons. The Bertz CT molecular complexity index is 516. The first-order chi connectivity index (χ1) is 8.79. The largest absolute Gasteiger partial charge is 0.354 e. The molecule has 1 aromatic carbocycles. The van der Waals surface area contributed by atoms with Crippen LogP contribution in [-0.2, 0) is 0 Å². The Labute approximate surface area is 105 Å². The highest BCUT2D eigenvalue weighted by Crippen LogP contribution is 2.18. The summed E-state index contributed by atoms with van der Waals surface area (Å²) in [4.78, 5) is 8.33. The van der Waals surface area contributed by atoms with Crippen molar-refractivity contribution in [3.63, 3.8) is 0 Å². The smallest absolute Gasteiger partial charge is 0.224 e. The summed E-state index contributed by atoms with van der Waals surface area (Å²) in [6.45, 7) is 2.87. The van der Waals surface area contributed by atoms with Crippen LogP contribution in [-0.4, -0.2) is 16.5 Å². The van der Waals surface area contributed by atoms with Gasteiger partial charge in [0.2, 0.25) is 5.95 Å². The Balaban J connectivity index is 2.12. The van der Waals surface area contributed by atoms with E-state index in [-0.39, 0.29) is 5.82 Å². The van der Waals surface area contributed by atoms with E-state index in [2.05, 4.69) is 27.5 Å². The minimum absolute atomic E-state index is 0.306. The average molecular weight is 246 g/mol. The highest BCUT2D eigenvalue weighted by Gasteiger charge is 2.02. The van der Waals surface area contributed by atoms with E-state index in [0.29, 0.717) is 17.5 Å². The van der Waals surface area contributed by atoms with E-state index >= 15 is 0 Å². The van der Waals surface area contributed by atoms with Gasteiger partial charge < -0.3 is 10.6 Å². The average Bonchev–Trinajstić information content (AvgIpc) is 2.40. The number of rotatable bonds is 5. The highest BCUT2D eigenvalue weighted by molar-refractivity contribution is 5.57. The van der Waals surface area contributed by atoms with Crippen LogP contribution in [0.3, 0.4) is 0 Å². The minimum Gasteiger partial charge on any atom is -0.354 e. The van der Waals surface area contributed by atoms with Crippen LogP contribution < -0.4 is 10.6 Å². The zero-order valence-corrected chi connectivity index (χ0v) is 10.2. The van der Waals surface area contributed by atoms with E-state index in [0.717, 1.165) is 13.0 Å². The van der Waals surface area contributed by atoms with Crippen LogP contribution in [0.2, 0.25) is 0 Å². The Morgan fingerprint density at radius 3 is 2.83 bits per heavy atom. The Hall–Kier alpha value is -2.17. The first kappa shape index (κ1) is 12.3. The molecule has 0 unspecified atom stereocenters. The van der Waals surface area contributed by atoms with Crippen molar-refractivity contribution in [1.82, 2.24) is 9.97 Å². The molecule has 2 aromatic rings. The zero-order valence-electron chi connectivity index (χ0n) is 10.2. The third kappa shape index (κ3) is 3.16. The lowest BCUT2D eigenvalue weighted by Crippen LogP contribution is -2.05. The molecule has 0 amide bonds. The topological polar surface area (TPSA) is 49.8 Å². The fraction of sp³-hybridized carbons (Fsp3) is 0.231. The van der Waals surface area contributed by atoms with Gasteiger partial charge in [0.15, 0.2) is 0 Å². The molecule has 1 aromatic heterocycles. The second-order valence-corrected chi connectivity index (χ2v) is 3.80. The normalized spacial score (nSPS) is 10.1. The lowest BCUT2D eigenvalue weighted by molar-refractivity contribution is 0.632. The van der Waals surface area contributed by atoms with E-state index < -0.39 is 0 Å². The van der Waals surface area contributed by atoms with Gasteiger partial charge in [0.05, 0.1) is 5.69 Å². The number of benzene rings is 1. The number of halogens is 1. The van der Waals surface area contributed by atoms with Gasteiger partial charge in [0.1, 0.15) is 11.6 Å². The lowest BCUT2D eigenvalue weighted by Gasteiger charge is -2.08. The number of aromatic nitrogens is 2. The highest BCUT2D eigenvalue weighted by atomic mass is 19.1. The zero-order chi connectivity index (χ0) is 12.8. The summed E-state index contributed by atoms with van der Waals surface area (Å²) in [6.07, 6.45) is 2.63. The molecule has 0 aliphatic heterocycles. The van der Waals surface area contributed by atoms with Crippen LogP contribution in [0.15, 0.2) is 36.5 Å². The standard InChI is InChI=1S/C13H15FN4/c1-2-8-15-13-16-9-7-12(18-13)17-11-6-4-3-5-10(11)14/h3-7,9H,2,8H2,1H3,(H2,15,16,17,18). The van der Waals surface area contributed by atoms with Gasteiger partial charge in [-0.3, -0.25) is 0 Å². The molecule has 1 heterocycles. The van der Waals surface area contributed by atoms with Crippen LogP contribution in [0, 0.1) is 5.82 Å². The van der Waals surface area contributed by atoms with Crippen molar-refractivity contribution in [2.45, 2.75) is 13.3 Å². The summed E-state index contributed by atoms with van der Waals surface area (Å²) in [7, 11) is 0. The van der Waals surface area contributed by atoms with Gasteiger partial charge in [-0.25, -0.2) is 9.37 Å². The molecule has 0 radical (unpaired) electrons. The van der Waals surface area contributed by atoms with Crippen molar-refractivity contribution >= 4 is 17.5 Å². The van der Waals surface area contributed by atoms with Crippen molar-refractivity contribution < 1.29 is 4.39 Å². The molecule has 0 saturated heterocycles. The molecule has 0 bridgehead atoms. The fourth-order valence-corrected chi connectivity index (χ4v) is 1.45. The van der Waals surface area contributed by atoms with Gasteiger partial charge >= 0.3 is 0 Å². The maximum absolute atomic E-state index is 13.5. The van der Waals surface area contributed by atoms with Gasteiger partial charge in [0, 0.05) is 12.7 Å². The number of para-hydroxylation sites is 1. The molecule has 2 rings (SSSR count). The molecule has 0 aliphatic rings. The number of anilines is 3. The first-order valence-corrected chi connectivity index (χ1v) is 5.88. The van der Waals surface area contributed by atoms with E-state index in [1.807, 2.05) is 0 Å². The summed E-state index contributed by atoms with van der Waals surface area (Å²) in [5, 5.41) is 6.00. The van der Waals surface area contributed by atoms with Crippen molar-refractivity contribution in [3.8, 4) is 0 Å². The summed E-state index contributed by atoms with van der Waals surface area (Å²) in [5.74, 6) is 0.797. The maximum Gasteiger partial charge on any atom is 0.224 e. The molecule has 4 nitrogen and oxygen atoms in total. The molecule has 0 spiro atoms. The molecular weight excluding hydrogens is 231 g/mol. The molecule has 18 heavy (non-hydrogen) atoms. The summed E-state index contributed by atoms with van der Waals surface area (Å²) < 4.78 is 13.5. The van der Waals surface area contributed by atoms with Gasteiger partial charge in [-0.1, -0.05) is 19.1 Å². The van der Waals surface area contributed by atoms with Gasteiger partial charge in [0.25, 0.3) is 0 Å². The van der Waals surface area contributed by atoms with Crippen LogP contribution in [0.5, 0.6) is 0 Å². The minimum atomic E-state index is -0.306. The second-order valence-electron chi connectivity index (χ2n) is 3.80. The van der Waals surface area contributed by atoms with Gasteiger partial charge in [-0.15, -0.1) is 0 Å². The molecule has 0 fully saturated rings. The fourth-order valence-electron chi connectivity index (χ4n) is 1.45. The van der Waals surface area contributed by atoms with Crippen molar-refractivity contribution in [2.24, 2.45) is 0 Å². The maximum atomic E-state index is 13.5.